The quantitative estimate of drug-likeness (QED) is 0.750. The monoisotopic (exact) mass is 424 g/mol. The average Bonchev–Trinajstić information content (AvgIpc) is 3.07. The Balaban J connectivity index is 1.54. The van der Waals surface area contributed by atoms with Crippen LogP contribution in [0.15, 0.2) is 53.5 Å². The highest BCUT2D eigenvalue weighted by atomic mass is 35.5. The van der Waals surface area contributed by atoms with Gasteiger partial charge in [-0.15, -0.1) is 0 Å². The molecule has 0 saturated carbocycles. The number of thioether (sulfide) groups is 1. The molecule has 2 aromatic rings. The standard InChI is InChI=1S/C19H18ClFN2O2S2/c20-15-6-4-13(5-7-15)9-23-18-12-27(24,25)11-17(18)22-19(23)26-10-14-2-1-3-16(21)8-14/h1-8,17-18H,9-12H2/t17-,18+/m0/s1. The maximum atomic E-state index is 13.4. The Morgan fingerprint density at radius 1 is 1.15 bits per heavy atom. The number of halogens is 2. The second kappa shape index (κ2) is 7.45. The number of fused-ring (bicyclic) bond motifs is 1. The van der Waals surface area contributed by atoms with Crippen LogP contribution in [-0.4, -0.2) is 42.1 Å². The van der Waals surface area contributed by atoms with Gasteiger partial charge in [-0.05, 0) is 35.4 Å². The van der Waals surface area contributed by atoms with Crippen molar-refractivity contribution in [1.29, 1.82) is 0 Å². The summed E-state index contributed by atoms with van der Waals surface area (Å²) in [6.45, 7) is 0.572. The van der Waals surface area contributed by atoms with Crippen molar-refractivity contribution in [3.05, 3.63) is 70.5 Å². The normalized spacial score (nSPS) is 23.3. The second-order valence-corrected chi connectivity index (χ2v) is 10.3. The molecule has 142 valence electrons. The molecule has 1 saturated heterocycles. The van der Waals surface area contributed by atoms with Crippen molar-refractivity contribution in [2.75, 3.05) is 11.5 Å². The van der Waals surface area contributed by atoms with E-state index in [-0.39, 0.29) is 29.4 Å². The first-order valence-corrected chi connectivity index (χ1v) is 11.7. The number of aliphatic imine (C=N–C) groups is 1. The van der Waals surface area contributed by atoms with Crippen molar-refractivity contribution >= 4 is 38.4 Å². The molecule has 8 heteroatoms. The molecular formula is C19H18ClFN2O2S2. The zero-order valence-corrected chi connectivity index (χ0v) is 16.8. The fourth-order valence-electron chi connectivity index (χ4n) is 3.46. The first-order chi connectivity index (χ1) is 12.9. The maximum Gasteiger partial charge on any atom is 0.160 e. The molecule has 2 heterocycles. The summed E-state index contributed by atoms with van der Waals surface area (Å²) >= 11 is 7.48. The van der Waals surface area contributed by atoms with Gasteiger partial charge in [0.25, 0.3) is 0 Å². The number of amidine groups is 1. The van der Waals surface area contributed by atoms with Crippen molar-refractivity contribution in [3.63, 3.8) is 0 Å². The third-order valence-corrected chi connectivity index (χ3v) is 7.77. The minimum atomic E-state index is -3.06. The van der Waals surface area contributed by atoms with Crippen LogP contribution in [0.3, 0.4) is 0 Å². The van der Waals surface area contributed by atoms with Crippen LogP contribution in [0.1, 0.15) is 11.1 Å². The number of sulfone groups is 1. The first-order valence-electron chi connectivity index (χ1n) is 8.56. The Hall–Kier alpha value is -1.57. The molecule has 4 rings (SSSR count). The van der Waals surface area contributed by atoms with Crippen LogP contribution in [0, 0.1) is 5.82 Å². The smallest absolute Gasteiger partial charge is 0.160 e. The molecule has 0 spiro atoms. The molecule has 0 unspecified atom stereocenters. The Morgan fingerprint density at radius 2 is 1.93 bits per heavy atom. The van der Waals surface area contributed by atoms with Gasteiger partial charge in [-0.3, -0.25) is 4.99 Å². The summed E-state index contributed by atoms with van der Waals surface area (Å²) in [5.74, 6) is 0.541. The molecule has 0 bridgehead atoms. The van der Waals surface area contributed by atoms with Gasteiger partial charge in [-0.2, -0.15) is 0 Å². The topological polar surface area (TPSA) is 49.7 Å². The molecule has 0 aromatic heterocycles. The van der Waals surface area contributed by atoms with Crippen LogP contribution in [0.2, 0.25) is 5.02 Å². The summed E-state index contributed by atoms with van der Waals surface area (Å²) in [6.07, 6.45) is 0. The van der Waals surface area contributed by atoms with Gasteiger partial charge in [-0.25, -0.2) is 12.8 Å². The lowest BCUT2D eigenvalue weighted by atomic mass is 10.1. The summed E-state index contributed by atoms with van der Waals surface area (Å²) in [7, 11) is -3.06. The summed E-state index contributed by atoms with van der Waals surface area (Å²) in [6, 6.07) is 13.7. The zero-order chi connectivity index (χ0) is 19.0. The Morgan fingerprint density at radius 3 is 2.67 bits per heavy atom. The second-order valence-electron chi connectivity index (χ2n) is 6.80. The van der Waals surface area contributed by atoms with E-state index in [1.807, 2.05) is 30.3 Å². The Kier molecular flexibility index (Phi) is 5.18. The Labute approximate surface area is 167 Å². The Bertz CT molecular complexity index is 979. The lowest BCUT2D eigenvalue weighted by Gasteiger charge is -2.26. The highest BCUT2D eigenvalue weighted by Crippen LogP contribution is 2.33. The molecule has 2 atom stereocenters. The lowest BCUT2D eigenvalue weighted by Crippen LogP contribution is -2.38. The molecule has 4 nitrogen and oxygen atoms in total. The van der Waals surface area contributed by atoms with E-state index in [2.05, 4.69) is 9.89 Å². The maximum absolute atomic E-state index is 13.4. The third-order valence-electron chi connectivity index (χ3n) is 4.74. The molecule has 0 aliphatic carbocycles. The number of benzene rings is 2. The predicted molar refractivity (Wildman–Crippen MR) is 108 cm³/mol. The summed E-state index contributed by atoms with van der Waals surface area (Å²) in [4.78, 5) is 6.76. The highest BCUT2D eigenvalue weighted by Gasteiger charge is 2.46. The van der Waals surface area contributed by atoms with Crippen LogP contribution in [0.4, 0.5) is 4.39 Å². The number of rotatable bonds is 4. The van der Waals surface area contributed by atoms with Gasteiger partial charge < -0.3 is 4.90 Å². The molecule has 0 N–H and O–H groups in total. The van der Waals surface area contributed by atoms with Crippen molar-refractivity contribution < 1.29 is 12.8 Å². The first kappa shape index (κ1) is 18.8. The SMILES string of the molecule is O=S1(=O)C[C@@H]2N=C(SCc3cccc(F)c3)N(Cc3ccc(Cl)cc3)[C@@H]2C1. The molecule has 2 aliphatic rings. The molecule has 2 aliphatic heterocycles. The minimum Gasteiger partial charge on any atom is -0.341 e. The van der Waals surface area contributed by atoms with Crippen molar-refractivity contribution in [2.45, 2.75) is 24.4 Å². The van der Waals surface area contributed by atoms with Crippen molar-refractivity contribution in [3.8, 4) is 0 Å². The van der Waals surface area contributed by atoms with Crippen LogP contribution in [0.5, 0.6) is 0 Å². The third kappa shape index (κ3) is 4.31. The van der Waals surface area contributed by atoms with E-state index in [1.54, 1.807) is 6.07 Å². The van der Waals surface area contributed by atoms with E-state index in [1.165, 1.54) is 23.9 Å². The summed E-state index contributed by atoms with van der Waals surface area (Å²) in [5, 5.41) is 1.48. The molecular weight excluding hydrogens is 407 g/mol. The minimum absolute atomic E-state index is 0.0960. The molecule has 0 radical (unpaired) electrons. The van der Waals surface area contributed by atoms with E-state index in [0.717, 1.165) is 16.3 Å². The van der Waals surface area contributed by atoms with E-state index in [0.29, 0.717) is 17.3 Å². The highest BCUT2D eigenvalue weighted by molar-refractivity contribution is 8.13. The number of hydrogen-bond donors (Lipinski definition) is 0. The number of hydrogen-bond acceptors (Lipinski definition) is 5. The van der Waals surface area contributed by atoms with E-state index in [9.17, 15) is 12.8 Å². The van der Waals surface area contributed by atoms with Crippen LogP contribution in [-0.2, 0) is 22.1 Å². The van der Waals surface area contributed by atoms with Gasteiger partial charge in [0.15, 0.2) is 15.0 Å². The fourth-order valence-corrected chi connectivity index (χ4v) is 6.51. The summed E-state index contributed by atoms with van der Waals surface area (Å²) < 4.78 is 37.5. The van der Waals surface area contributed by atoms with Gasteiger partial charge in [0.05, 0.1) is 23.6 Å². The fraction of sp³-hybridized carbons (Fsp3) is 0.316. The van der Waals surface area contributed by atoms with Gasteiger partial charge in [-0.1, -0.05) is 47.6 Å². The molecule has 1 fully saturated rings. The van der Waals surface area contributed by atoms with Gasteiger partial charge in [0, 0.05) is 17.3 Å². The predicted octanol–water partition coefficient (Wildman–Crippen LogP) is 3.75. The van der Waals surface area contributed by atoms with E-state index >= 15 is 0 Å². The molecule has 0 amide bonds. The summed E-state index contributed by atoms with van der Waals surface area (Å²) in [5.41, 5.74) is 1.92. The lowest BCUT2D eigenvalue weighted by molar-refractivity contribution is 0.343. The molecule has 27 heavy (non-hydrogen) atoms. The van der Waals surface area contributed by atoms with E-state index < -0.39 is 9.84 Å². The zero-order valence-electron chi connectivity index (χ0n) is 14.4. The molecule has 2 aromatic carbocycles. The van der Waals surface area contributed by atoms with Crippen LogP contribution >= 0.6 is 23.4 Å². The van der Waals surface area contributed by atoms with Crippen molar-refractivity contribution in [1.82, 2.24) is 4.90 Å². The van der Waals surface area contributed by atoms with Gasteiger partial charge in [0.2, 0.25) is 0 Å². The van der Waals surface area contributed by atoms with Crippen LogP contribution < -0.4 is 0 Å². The average molecular weight is 425 g/mol. The number of nitrogens with zero attached hydrogens (tertiary/aromatic N) is 2. The van der Waals surface area contributed by atoms with E-state index in [4.69, 9.17) is 11.6 Å². The van der Waals surface area contributed by atoms with Gasteiger partial charge in [0.1, 0.15) is 5.82 Å². The van der Waals surface area contributed by atoms with Gasteiger partial charge >= 0.3 is 0 Å². The van der Waals surface area contributed by atoms with Crippen molar-refractivity contribution in [2.24, 2.45) is 4.99 Å². The van der Waals surface area contributed by atoms with Crippen LogP contribution in [0.25, 0.3) is 0 Å². The largest absolute Gasteiger partial charge is 0.341 e.